The summed E-state index contributed by atoms with van der Waals surface area (Å²) >= 11 is 0. The number of para-hydroxylation sites is 2. The van der Waals surface area contributed by atoms with Crippen molar-refractivity contribution >= 4 is 32.8 Å². The highest BCUT2D eigenvalue weighted by atomic mass is 33.1. The summed E-state index contributed by atoms with van der Waals surface area (Å²) in [7, 11) is 3.41. The molecule has 84 valence electrons. The summed E-state index contributed by atoms with van der Waals surface area (Å²) in [5.74, 6) is 0. The molecule has 0 radical (unpaired) electrons. The molecule has 1 aromatic heterocycles. The average molecular weight is 258 g/mol. The Morgan fingerprint density at radius 2 is 1.65 bits per heavy atom. The maximum Gasteiger partial charge on any atom is 0.107 e. The van der Waals surface area contributed by atoms with Crippen LogP contribution in [0.2, 0.25) is 0 Å². The van der Waals surface area contributed by atoms with Gasteiger partial charge in [-0.05, 0) is 35.1 Å². The third-order valence-corrected chi connectivity index (χ3v) is 4.65. The van der Waals surface area contributed by atoms with Crippen LogP contribution in [-0.2, 0) is 0 Å². The first-order valence-corrected chi connectivity index (χ1v) is 7.36. The smallest absolute Gasteiger partial charge is 0.107 e. The molecule has 0 aliphatic rings. The summed E-state index contributed by atoms with van der Waals surface area (Å²) < 4.78 is 2.09. The van der Waals surface area contributed by atoms with Gasteiger partial charge >= 0.3 is 0 Å². The van der Waals surface area contributed by atoms with E-state index in [1.54, 1.807) is 21.8 Å². The molecule has 0 N–H and O–H groups in total. The Morgan fingerprint density at radius 1 is 0.882 bits per heavy atom. The monoisotopic (exact) mass is 258 g/mol. The van der Waals surface area contributed by atoms with Crippen molar-refractivity contribution in [2.24, 2.45) is 0 Å². The molecule has 0 amide bonds. The van der Waals surface area contributed by atoms with Crippen molar-refractivity contribution < 1.29 is 0 Å². The molecule has 0 aliphatic carbocycles. The summed E-state index contributed by atoms with van der Waals surface area (Å²) in [5, 5.41) is 0. The summed E-state index contributed by atoms with van der Waals surface area (Å²) in [6, 6.07) is 18.5. The van der Waals surface area contributed by atoms with Gasteiger partial charge in [-0.3, -0.25) is 3.97 Å². The minimum Gasteiger partial charge on any atom is -0.263 e. The SMILES string of the molecule is c1ccc(SSn2cnc3ccccc32)cc1. The third kappa shape index (κ3) is 2.33. The fraction of sp³-hybridized carbons (Fsp3) is 0. The summed E-state index contributed by atoms with van der Waals surface area (Å²) in [4.78, 5) is 5.61. The zero-order chi connectivity index (χ0) is 11.5. The molecule has 2 nitrogen and oxygen atoms in total. The van der Waals surface area contributed by atoms with Gasteiger partial charge in [-0.15, -0.1) is 0 Å². The largest absolute Gasteiger partial charge is 0.263 e. The number of benzene rings is 2. The Morgan fingerprint density at radius 3 is 2.53 bits per heavy atom. The molecule has 4 heteroatoms. The van der Waals surface area contributed by atoms with E-state index in [9.17, 15) is 0 Å². The predicted molar refractivity (Wildman–Crippen MR) is 75.0 cm³/mol. The van der Waals surface area contributed by atoms with Crippen molar-refractivity contribution in [2.45, 2.75) is 4.90 Å². The first kappa shape index (κ1) is 10.7. The summed E-state index contributed by atoms with van der Waals surface area (Å²) in [6.07, 6.45) is 1.87. The van der Waals surface area contributed by atoms with Crippen LogP contribution in [0.25, 0.3) is 11.0 Å². The normalized spacial score (nSPS) is 10.8. The van der Waals surface area contributed by atoms with Gasteiger partial charge in [0.1, 0.15) is 6.33 Å². The fourth-order valence-electron chi connectivity index (χ4n) is 1.56. The summed E-state index contributed by atoms with van der Waals surface area (Å²) in [6.45, 7) is 0. The van der Waals surface area contributed by atoms with Crippen molar-refractivity contribution in [3.8, 4) is 0 Å². The van der Waals surface area contributed by atoms with Crippen molar-refractivity contribution in [3.05, 3.63) is 60.9 Å². The molecule has 0 atom stereocenters. The number of nitrogens with zero attached hydrogens (tertiary/aromatic N) is 2. The van der Waals surface area contributed by atoms with E-state index in [1.807, 2.05) is 30.6 Å². The molecular formula is C13H10N2S2. The van der Waals surface area contributed by atoms with Crippen LogP contribution in [0, 0.1) is 0 Å². The Bertz CT molecular complexity index is 619. The molecule has 0 fully saturated rings. The van der Waals surface area contributed by atoms with Crippen molar-refractivity contribution in [1.29, 1.82) is 0 Å². The molecule has 2 aromatic carbocycles. The van der Waals surface area contributed by atoms with E-state index < -0.39 is 0 Å². The Kier molecular flexibility index (Phi) is 3.07. The molecule has 0 bridgehead atoms. The lowest BCUT2D eigenvalue weighted by molar-refractivity contribution is 1.28. The summed E-state index contributed by atoms with van der Waals surface area (Å²) in [5.41, 5.74) is 2.19. The van der Waals surface area contributed by atoms with Gasteiger partial charge in [-0.2, -0.15) is 0 Å². The maximum absolute atomic E-state index is 4.36. The zero-order valence-corrected chi connectivity index (χ0v) is 10.6. The molecule has 0 aliphatic heterocycles. The number of hydrogen-bond acceptors (Lipinski definition) is 3. The molecule has 0 unspecified atom stereocenters. The molecule has 3 aromatic rings. The van der Waals surface area contributed by atoms with Crippen LogP contribution in [0.15, 0.2) is 65.8 Å². The van der Waals surface area contributed by atoms with Crippen LogP contribution < -0.4 is 0 Å². The van der Waals surface area contributed by atoms with Gasteiger partial charge in [-0.1, -0.05) is 30.3 Å². The predicted octanol–water partition coefficient (Wildman–Crippen LogP) is 4.24. The fourth-order valence-corrected chi connectivity index (χ4v) is 3.50. The second kappa shape index (κ2) is 4.85. The van der Waals surface area contributed by atoms with E-state index >= 15 is 0 Å². The Hall–Kier alpha value is -1.39. The second-order valence-corrected chi connectivity index (χ2v) is 5.66. The molecule has 0 saturated heterocycles. The van der Waals surface area contributed by atoms with Gasteiger partial charge in [0.15, 0.2) is 0 Å². The number of aromatic nitrogens is 2. The molecule has 1 heterocycles. The van der Waals surface area contributed by atoms with Gasteiger partial charge in [0.2, 0.25) is 0 Å². The average Bonchev–Trinajstić information content (AvgIpc) is 2.81. The van der Waals surface area contributed by atoms with Crippen molar-refractivity contribution in [3.63, 3.8) is 0 Å². The van der Waals surface area contributed by atoms with E-state index in [4.69, 9.17) is 0 Å². The number of hydrogen-bond donors (Lipinski definition) is 0. The topological polar surface area (TPSA) is 17.8 Å². The molecular weight excluding hydrogens is 248 g/mol. The minimum atomic E-state index is 1.04. The standard InChI is InChI=1S/C13H10N2S2/c1-2-6-11(7-3-1)16-17-15-10-14-12-8-4-5-9-13(12)15/h1-10H. The second-order valence-electron chi connectivity index (χ2n) is 3.53. The highest BCUT2D eigenvalue weighted by Crippen LogP contribution is 2.33. The first-order valence-electron chi connectivity index (χ1n) is 5.26. The highest BCUT2D eigenvalue weighted by Gasteiger charge is 2.02. The van der Waals surface area contributed by atoms with Crippen LogP contribution in [0.4, 0.5) is 0 Å². The van der Waals surface area contributed by atoms with E-state index in [-0.39, 0.29) is 0 Å². The quantitative estimate of drug-likeness (QED) is 0.654. The van der Waals surface area contributed by atoms with E-state index in [0.29, 0.717) is 0 Å². The highest BCUT2D eigenvalue weighted by molar-refractivity contribution is 8.76. The molecule has 17 heavy (non-hydrogen) atoms. The Balaban J connectivity index is 1.82. The van der Waals surface area contributed by atoms with Gasteiger partial charge in [-0.25, -0.2) is 4.98 Å². The van der Waals surface area contributed by atoms with E-state index in [1.165, 1.54) is 4.90 Å². The van der Waals surface area contributed by atoms with Crippen LogP contribution in [-0.4, -0.2) is 8.96 Å². The van der Waals surface area contributed by atoms with Gasteiger partial charge in [0.05, 0.1) is 11.0 Å². The maximum atomic E-state index is 4.36. The third-order valence-electron chi connectivity index (χ3n) is 2.38. The first-order chi connectivity index (χ1) is 8.43. The lowest BCUT2D eigenvalue weighted by Gasteiger charge is -2.01. The molecule has 0 spiro atoms. The van der Waals surface area contributed by atoms with Crippen molar-refractivity contribution in [2.75, 3.05) is 0 Å². The van der Waals surface area contributed by atoms with Gasteiger partial charge < -0.3 is 0 Å². The van der Waals surface area contributed by atoms with Gasteiger partial charge in [0, 0.05) is 15.9 Å². The molecule has 3 rings (SSSR count). The number of rotatable bonds is 3. The number of fused-ring (bicyclic) bond motifs is 1. The zero-order valence-electron chi connectivity index (χ0n) is 8.98. The Labute approximate surface area is 108 Å². The lowest BCUT2D eigenvalue weighted by atomic mass is 10.3. The lowest BCUT2D eigenvalue weighted by Crippen LogP contribution is -1.79. The number of imidazole rings is 1. The van der Waals surface area contributed by atoms with E-state index in [0.717, 1.165) is 11.0 Å². The van der Waals surface area contributed by atoms with Crippen molar-refractivity contribution in [1.82, 2.24) is 8.96 Å². The van der Waals surface area contributed by atoms with E-state index in [2.05, 4.69) is 39.3 Å². The van der Waals surface area contributed by atoms with Gasteiger partial charge in [0.25, 0.3) is 0 Å². The molecule has 0 saturated carbocycles. The van der Waals surface area contributed by atoms with Crippen LogP contribution in [0.3, 0.4) is 0 Å². The van der Waals surface area contributed by atoms with Crippen LogP contribution in [0.1, 0.15) is 0 Å². The minimum absolute atomic E-state index is 1.04. The van der Waals surface area contributed by atoms with Crippen LogP contribution >= 0.6 is 21.8 Å². The van der Waals surface area contributed by atoms with Crippen LogP contribution in [0.5, 0.6) is 0 Å².